The van der Waals surface area contributed by atoms with Gasteiger partial charge in [-0.2, -0.15) is 5.10 Å². The van der Waals surface area contributed by atoms with Crippen LogP contribution in [0.25, 0.3) is 11.1 Å². The van der Waals surface area contributed by atoms with Gasteiger partial charge in [0.15, 0.2) is 0 Å². The third-order valence-electron chi connectivity index (χ3n) is 4.89. The Labute approximate surface area is 183 Å². The molecule has 3 rings (SSSR count). The van der Waals surface area contributed by atoms with Gasteiger partial charge in [0.25, 0.3) is 0 Å². The highest BCUT2D eigenvalue weighted by atomic mass is 16.2. The molecule has 2 N–H and O–H groups in total. The molecule has 0 fully saturated rings. The van der Waals surface area contributed by atoms with Gasteiger partial charge >= 0.3 is 0 Å². The van der Waals surface area contributed by atoms with Gasteiger partial charge < -0.3 is 5.32 Å². The first-order valence-electron chi connectivity index (χ1n) is 10.3. The molecule has 0 unspecified atom stereocenters. The van der Waals surface area contributed by atoms with Gasteiger partial charge in [-0.1, -0.05) is 84.9 Å². The third-order valence-corrected chi connectivity index (χ3v) is 4.89. The molecule has 0 bridgehead atoms. The number of carbonyl (C=O) groups excluding carboxylic acids is 2. The molecule has 0 aliphatic heterocycles. The molecule has 0 radical (unpaired) electrons. The summed E-state index contributed by atoms with van der Waals surface area (Å²) in [7, 11) is 0. The number of carbonyl (C=O) groups is 2. The summed E-state index contributed by atoms with van der Waals surface area (Å²) in [6, 6.07) is 27.7. The molecule has 158 valence electrons. The standard InChI is InChI=1S/C26H27N3O2/c1-19(17-25(30)27-20(2)22-9-5-3-6-10-22)28-29-26(31)18-21-13-15-24(16-14-21)23-11-7-4-8-12-23/h3-16,20H,17-18H2,1-2H3,(H,27,30)(H,29,31)/b28-19-/t20-/m0/s1. The minimum Gasteiger partial charge on any atom is -0.349 e. The van der Waals surface area contributed by atoms with Crippen LogP contribution in [0.1, 0.15) is 37.4 Å². The number of rotatable bonds is 8. The van der Waals surface area contributed by atoms with E-state index in [1.807, 2.05) is 79.7 Å². The first kappa shape index (κ1) is 22.0. The number of hydrogen-bond acceptors (Lipinski definition) is 3. The van der Waals surface area contributed by atoms with Crippen molar-refractivity contribution in [3.8, 4) is 11.1 Å². The van der Waals surface area contributed by atoms with Crippen LogP contribution in [0.2, 0.25) is 0 Å². The van der Waals surface area contributed by atoms with E-state index in [4.69, 9.17) is 0 Å². The maximum atomic E-state index is 12.2. The monoisotopic (exact) mass is 413 g/mol. The summed E-state index contributed by atoms with van der Waals surface area (Å²) in [5, 5.41) is 7.00. The first-order valence-corrected chi connectivity index (χ1v) is 10.3. The number of amides is 2. The number of benzene rings is 3. The van der Waals surface area contributed by atoms with Crippen LogP contribution in [-0.2, 0) is 16.0 Å². The van der Waals surface area contributed by atoms with E-state index in [1.165, 1.54) is 0 Å². The van der Waals surface area contributed by atoms with Crippen LogP contribution in [0.5, 0.6) is 0 Å². The van der Waals surface area contributed by atoms with E-state index in [-0.39, 0.29) is 30.7 Å². The van der Waals surface area contributed by atoms with Crippen molar-refractivity contribution < 1.29 is 9.59 Å². The maximum absolute atomic E-state index is 12.2. The molecule has 1 atom stereocenters. The van der Waals surface area contributed by atoms with Gasteiger partial charge in [-0.05, 0) is 36.1 Å². The fourth-order valence-electron chi connectivity index (χ4n) is 3.22. The van der Waals surface area contributed by atoms with Gasteiger partial charge in [-0.15, -0.1) is 0 Å². The van der Waals surface area contributed by atoms with Crippen molar-refractivity contribution in [2.24, 2.45) is 5.10 Å². The van der Waals surface area contributed by atoms with Crippen molar-refractivity contribution in [3.05, 3.63) is 96.1 Å². The molecule has 2 amide bonds. The average molecular weight is 414 g/mol. The van der Waals surface area contributed by atoms with E-state index in [2.05, 4.69) is 28.0 Å². The Kier molecular flexibility index (Phi) is 7.71. The fourth-order valence-corrected chi connectivity index (χ4v) is 3.22. The van der Waals surface area contributed by atoms with E-state index in [9.17, 15) is 9.59 Å². The third kappa shape index (κ3) is 6.93. The Bertz CT molecular complexity index is 1030. The van der Waals surface area contributed by atoms with Crippen LogP contribution in [-0.4, -0.2) is 17.5 Å². The lowest BCUT2D eigenvalue weighted by molar-refractivity contribution is -0.121. The highest BCUT2D eigenvalue weighted by Crippen LogP contribution is 2.19. The van der Waals surface area contributed by atoms with Gasteiger partial charge in [0.1, 0.15) is 0 Å². The van der Waals surface area contributed by atoms with Gasteiger partial charge in [0, 0.05) is 5.71 Å². The number of nitrogens with zero attached hydrogens (tertiary/aromatic N) is 1. The Hall–Kier alpha value is -3.73. The van der Waals surface area contributed by atoms with Crippen LogP contribution in [0.3, 0.4) is 0 Å². The topological polar surface area (TPSA) is 70.6 Å². The van der Waals surface area contributed by atoms with Gasteiger partial charge in [0.2, 0.25) is 11.8 Å². The molecule has 0 aromatic heterocycles. The predicted molar refractivity (Wildman–Crippen MR) is 124 cm³/mol. The Morgan fingerprint density at radius 3 is 2.03 bits per heavy atom. The molecule has 31 heavy (non-hydrogen) atoms. The van der Waals surface area contributed by atoms with Gasteiger partial charge in [-0.3, -0.25) is 9.59 Å². The molecule has 0 saturated carbocycles. The van der Waals surface area contributed by atoms with E-state index < -0.39 is 0 Å². The van der Waals surface area contributed by atoms with Gasteiger partial charge in [0.05, 0.1) is 18.9 Å². The van der Waals surface area contributed by atoms with Crippen molar-refractivity contribution in [1.82, 2.24) is 10.7 Å². The first-order chi connectivity index (χ1) is 15.0. The van der Waals surface area contributed by atoms with E-state index in [0.717, 1.165) is 22.3 Å². The second-order valence-corrected chi connectivity index (χ2v) is 7.50. The molecule has 5 heteroatoms. The summed E-state index contributed by atoms with van der Waals surface area (Å²) in [5.74, 6) is -0.353. The normalized spacial score (nSPS) is 12.1. The molecule has 0 spiro atoms. The molecular weight excluding hydrogens is 386 g/mol. The number of hydrazone groups is 1. The summed E-state index contributed by atoms with van der Waals surface area (Å²) in [6.07, 6.45) is 0.353. The zero-order valence-electron chi connectivity index (χ0n) is 17.8. The zero-order valence-corrected chi connectivity index (χ0v) is 17.8. The number of hydrogen-bond donors (Lipinski definition) is 2. The lowest BCUT2D eigenvalue weighted by atomic mass is 10.0. The lowest BCUT2D eigenvalue weighted by Gasteiger charge is -2.14. The van der Waals surface area contributed by atoms with Crippen molar-refractivity contribution in [2.45, 2.75) is 32.7 Å². The smallest absolute Gasteiger partial charge is 0.244 e. The minimum atomic E-state index is -0.218. The molecular formula is C26H27N3O2. The number of nitrogens with one attached hydrogen (secondary N) is 2. The molecule has 3 aromatic carbocycles. The highest BCUT2D eigenvalue weighted by Gasteiger charge is 2.10. The average Bonchev–Trinajstić information content (AvgIpc) is 2.79. The maximum Gasteiger partial charge on any atom is 0.244 e. The minimum absolute atomic E-state index is 0.0880. The highest BCUT2D eigenvalue weighted by molar-refractivity contribution is 6.00. The van der Waals surface area contributed by atoms with Gasteiger partial charge in [-0.25, -0.2) is 5.43 Å². The van der Waals surface area contributed by atoms with E-state index >= 15 is 0 Å². The fraction of sp³-hybridized carbons (Fsp3) is 0.192. The second-order valence-electron chi connectivity index (χ2n) is 7.50. The van der Waals surface area contributed by atoms with Crippen LogP contribution in [0.15, 0.2) is 90.0 Å². The van der Waals surface area contributed by atoms with Crippen molar-refractivity contribution in [2.75, 3.05) is 0 Å². The van der Waals surface area contributed by atoms with Crippen molar-refractivity contribution >= 4 is 17.5 Å². The largest absolute Gasteiger partial charge is 0.349 e. The molecule has 5 nitrogen and oxygen atoms in total. The zero-order chi connectivity index (χ0) is 22.1. The lowest BCUT2D eigenvalue weighted by Crippen LogP contribution is -2.29. The van der Waals surface area contributed by atoms with E-state index in [0.29, 0.717) is 5.71 Å². The Morgan fingerprint density at radius 2 is 1.39 bits per heavy atom. The molecule has 3 aromatic rings. The summed E-state index contributed by atoms with van der Waals surface area (Å²) in [6.45, 7) is 3.66. The summed E-state index contributed by atoms with van der Waals surface area (Å²) < 4.78 is 0. The Balaban J connectivity index is 1.46. The summed E-state index contributed by atoms with van der Waals surface area (Å²) >= 11 is 0. The molecule has 0 aliphatic rings. The Morgan fingerprint density at radius 1 is 0.806 bits per heavy atom. The van der Waals surface area contributed by atoms with E-state index in [1.54, 1.807) is 6.92 Å². The SMILES string of the molecule is C/C(CC(=O)N[C@@H](C)c1ccccc1)=N/NC(=O)Cc1ccc(-c2ccccc2)cc1. The van der Waals surface area contributed by atoms with Crippen LogP contribution >= 0.6 is 0 Å². The molecule has 0 saturated heterocycles. The van der Waals surface area contributed by atoms with Crippen molar-refractivity contribution in [1.29, 1.82) is 0 Å². The van der Waals surface area contributed by atoms with Crippen molar-refractivity contribution in [3.63, 3.8) is 0 Å². The summed E-state index contributed by atoms with van der Waals surface area (Å²) in [4.78, 5) is 24.4. The van der Waals surface area contributed by atoms with Crippen LogP contribution < -0.4 is 10.7 Å². The molecule has 0 heterocycles. The summed E-state index contributed by atoms with van der Waals surface area (Å²) in [5.41, 5.74) is 7.27. The predicted octanol–water partition coefficient (Wildman–Crippen LogP) is 4.66. The van der Waals surface area contributed by atoms with Crippen LogP contribution in [0.4, 0.5) is 0 Å². The molecule has 0 aliphatic carbocycles. The second kappa shape index (κ2) is 10.9. The van der Waals surface area contributed by atoms with Crippen LogP contribution in [0, 0.1) is 0 Å². The quantitative estimate of drug-likeness (QED) is 0.417.